The number of rotatable bonds is 3. The molecule has 1 fully saturated rings. The van der Waals surface area contributed by atoms with Gasteiger partial charge in [-0.05, 0) is 31.6 Å². The van der Waals surface area contributed by atoms with Gasteiger partial charge in [0.25, 0.3) is 0 Å². The van der Waals surface area contributed by atoms with Crippen molar-refractivity contribution in [2.45, 2.75) is 45.1 Å². The van der Waals surface area contributed by atoms with Crippen LogP contribution in [0.1, 0.15) is 39.0 Å². The second-order valence-electron chi connectivity index (χ2n) is 4.50. The Labute approximate surface area is 95.5 Å². The van der Waals surface area contributed by atoms with Gasteiger partial charge in [-0.2, -0.15) is 0 Å². The molecule has 88 valence electrons. The standard InChI is InChI=1S/C12H18FN3/c1-2-9-3-5-11(6-4-9)16-12-14-7-10(13)8-15-12/h7-9,11H,2-6H2,1H3,(H,14,15,16)/t9-,11-. The zero-order valence-electron chi connectivity index (χ0n) is 9.62. The van der Waals surface area contributed by atoms with Gasteiger partial charge < -0.3 is 5.32 Å². The first kappa shape index (κ1) is 11.3. The molecule has 1 aliphatic carbocycles. The lowest BCUT2D eigenvalue weighted by Crippen LogP contribution is -2.26. The highest BCUT2D eigenvalue weighted by Gasteiger charge is 2.20. The lowest BCUT2D eigenvalue weighted by molar-refractivity contribution is 0.329. The third-order valence-corrected chi connectivity index (χ3v) is 3.38. The Balaban J connectivity index is 1.84. The molecule has 1 aliphatic rings. The fourth-order valence-corrected chi connectivity index (χ4v) is 2.28. The summed E-state index contributed by atoms with van der Waals surface area (Å²) in [6, 6.07) is 0.452. The van der Waals surface area contributed by atoms with E-state index in [1.54, 1.807) is 0 Å². The van der Waals surface area contributed by atoms with Crippen LogP contribution in [0.2, 0.25) is 0 Å². The van der Waals surface area contributed by atoms with Crippen molar-refractivity contribution in [1.29, 1.82) is 0 Å². The van der Waals surface area contributed by atoms with Crippen molar-refractivity contribution in [2.75, 3.05) is 5.32 Å². The number of halogens is 1. The second kappa shape index (κ2) is 5.23. The van der Waals surface area contributed by atoms with E-state index in [9.17, 15) is 4.39 Å². The molecule has 1 aromatic rings. The van der Waals surface area contributed by atoms with E-state index < -0.39 is 0 Å². The molecule has 2 rings (SSSR count). The first-order chi connectivity index (χ1) is 7.78. The molecule has 1 N–H and O–H groups in total. The minimum absolute atomic E-state index is 0.389. The molecule has 3 nitrogen and oxygen atoms in total. The minimum atomic E-state index is -0.389. The van der Waals surface area contributed by atoms with Crippen LogP contribution in [0.3, 0.4) is 0 Å². The topological polar surface area (TPSA) is 37.8 Å². The summed E-state index contributed by atoms with van der Waals surface area (Å²) in [7, 11) is 0. The first-order valence-electron chi connectivity index (χ1n) is 6.02. The summed E-state index contributed by atoms with van der Waals surface area (Å²) in [6.45, 7) is 2.25. The monoisotopic (exact) mass is 223 g/mol. The van der Waals surface area contributed by atoms with Crippen molar-refractivity contribution in [1.82, 2.24) is 9.97 Å². The molecule has 1 heterocycles. The van der Waals surface area contributed by atoms with E-state index in [0.29, 0.717) is 12.0 Å². The smallest absolute Gasteiger partial charge is 0.222 e. The van der Waals surface area contributed by atoms with Crippen LogP contribution in [0, 0.1) is 11.7 Å². The summed E-state index contributed by atoms with van der Waals surface area (Å²) >= 11 is 0. The third kappa shape index (κ3) is 2.90. The molecule has 0 saturated heterocycles. The van der Waals surface area contributed by atoms with Gasteiger partial charge in [0.1, 0.15) is 0 Å². The lowest BCUT2D eigenvalue weighted by Gasteiger charge is -2.28. The normalized spacial score (nSPS) is 25.4. The van der Waals surface area contributed by atoms with Gasteiger partial charge >= 0.3 is 0 Å². The Morgan fingerprint density at radius 2 is 1.88 bits per heavy atom. The Kier molecular flexibility index (Phi) is 3.70. The van der Waals surface area contributed by atoms with E-state index in [4.69, 9.17) is 0 Å². The highest BCUT2D eigenvalue weighted by atomic mass is 19.1. The predicted octanol–water partition coefficient (Wildman–Crippen LogP) is 3.00. The molecule has 0 amide bonds. The van der Waals surface area contributed by atoms with E-state index in [2.05, 4.69) is 22.2 Å². The Bertz CT molecular complexity index is 318. The highest BCUT2D eigenvalue weighted by molar-refractivity contribution is 5.24. The molecule has 1 aromatic heterocycles. The van der Waals surface area contributed by atoms with Crippen LogP contribution >= 0.6 is 0 Å². The van der Waals surface area contributed by atoms with Gasteiger partial charge in [0.2, 0.25) is 5.95 Å². The Morgan fingerprint density at radius 3 is 2.44 bits per heavy atom. The summed E-state index contributed by atoms with van der Waals surface area (Å²) in [5.74, 6) is 1.04. The zero-order chi connectivity index (χ0) is 11.4. The van der Waals surface area contributed by atoms with E-state index >= 15 is 0 Å². The number of aromatic nitrogens is 2. The lowest BCUT2D eigenvalue weighted by atomic mass is 9.85. The molecule has 1 saturated carbocycles. The Morgan fingerprint density at radius 1 is 1.25 bits per heavy atom. The zero-order valence-corrected chi connectivity index (χ0v) is 9.62. The number of hydrogen-bond acceptors (Lipinski definition) is 3. The molecule has 4 heteroatoms. The van der Waals surface area contributed by atoms with Crippen molar-refractivity contribution in [3.05, 3.63) is 18.2 Å². The first-order valence-corrected chi connectivity index (χ1v) is 6.02. The van der Waals surface area contributed by atoms with Crippen LogP contribution in [0.4, 0.5) is 10.3 Å². The minimum Gasteiger partial charge on any atom is -0.351 e. The maximum absolute atomic E-state index is 12.6. The molecular weight excluding hydrogens is 205 g/mol. The predicted molar refractivity (Wildman–Crippen MR) is 61.6 cm³/mol. The van der Waals surface area contributed by atoms with E-state index in [1.165, 1.54) is 44.5 Å². The van der Waals surface area contributed by atoms with Crippen LogP contribution < -0.4 is 5.32 Å². The van der Waals surface area contributed by atoms with Gasteiger partial charge in [0.05, 0.1) is 12.4 Å². The molecular formula is C12H18FN3. The quantitative estimate of drug-likeness (QED) is 0.856. The van der Waals surface area contributed by atoms with Crippen molar-refractivity contribution in [3.8, 4) is 0 Å². The molecule has 0 unspecified atom stereocenters. The van der Waals surface area contributed by atoms with Crippen LogP contribution in [0.25, 0.3) is 0 Å². The third-order valence-electron chi connectivity index (χ3n) is 3.38. The van der Waals surface area contributed by atoms with E-state index in [0.717, 1.165) is 5.92 Å². The van der Waals surface area contributed by atoms with Gasteiger partial charge in [0, 0.05) is 6.04 Å². The largest absolute Gasteiger partial charge is 0.351 e. The maximum atomic E-state index is 12.6. The molecule has 0 atom stereocenters. The average molecular weight is 223 g/mol. The van der Waals surface area contributed by atoms with Crippen LogP contribution in [0.5, 0.6) is 0 Å². The summed E-state index contributed by atoms with van der Waals surface area (Å²) in [4.78, 5) is 7.83. The molecule has 16 heavy (non-hydrogen) atoms. The average Bonchev–Trinajstić information content (AvgIpc) is 2.33. The summed E-state index contributed by atoms with van der Waals surface area (Å²) in [5, 5.41) is 3.26. The van der Waals surface area contributed by atoms with Crippen LogP contribution in [0.15, 0.2) is 12.4 Å². The summed E-state index contributed by atoms with van der Waals surface area (Å²) < 4.78 is 12.6. The van der Waals surface area contributed by atoms with Crippen molar-refractivity contribution in [3.63, 3.8) is 0 Å². The van der Waals surface area contributed by atoms with Crippen molar-refractivity contribution >= 4 is 5.95 Å². The van der Waals surface area contributed by atoms with Gasteiger partial charge in [-0.25, -0.2) is 14.4 Å². The van der Waals surface area contributed by atoms with Gasteiger partial charge in [-0.3, -0.25) is 0 Å². The molecule has 0 radical (unpaired) electrons. The maximum Gasteiger partial charge on any atom is 0.222 e. The van der Waals surface area contributed by atoms with E-state index in [1.807, 2.05) is 0 Å². The van der Waals surface area contributed by atoms with Gasteiger partial charge in [0.15, 0.2) is 5.82 Å². The summed E-state index contributed by atoms with van der Waals surface area (Å²) in [5.41, 5.74) is 0. The molecule has 0 bridgehead atoms. The van der Waals surface area contributed by atoms with E-state index in [-0.39, 0.29) is 5.82 Å². The number of nitrogens with one attached hydrogen (secondary N) is 1. The SMILES string of the molecule is CC[C@H]1CC[C@H](Nc2ncc(F)cn2)CC1. The fourth-order valence-electron chi connectivity index (χ4n) is 2.28. The van der Waals surface area contributed by atoms with Crippen molar-refractivity contribution in [2.24, 2.45) is 5.92 Å². The van der Waals surface area contributed by atoms with Crippen LogP contribution in [-0.4, -0.2) is 16.0 Å². The van der Waals surface area contributed by atoms with Gasteiger partial charge in [-0.15, -0.1) is 0 Å². The Hall–Kier alpha value is -1.19. The van der Waals surface area contributed by atoms with Crippen molar-refractivity contribution < 1.29 is 4.39 Å². The number of anilines is 1. The second-order valence-corrected chi connectivity index (χ2v) is 4.50. The molecule has 0 aromatic carbocycles. The number of nitrogens with zero attached hydrogens (tertiary/aromatic N) is 2. The number of hydrogen-bond donors (Lipinski definition) is 1. The molecule has 0 aliphatic heterocycles. The highest BCUT2D eigenvalue weighted by Crippen LogP contribution is 2.27. The molecule has 0 spiro atoms. The summed E-state index contributed by atoms with van der Waals surface area (Å²) in [6.07, 6.45) is 8.56. The fraction of sp³-hybridized carbons (Fsp3) is 0.667. The van der Waals surface area contributed by atoms with Gasteiger partial charge in [-0.1, -0.05) is 13.3 Å². The van der Waals surface area contributed by atoms with Crippen LogP contribution in [-0.2, 0) is 0 Å².